The zero-order valence-electron chi connectivity index (χ0n) is 12.9. The van der Waals surface area contributed by atoms with Crippen LogP contribution in [0.25, 0.3) is 0 Å². The number of nitrogens with zero attached hydrogens (tertiary/aromatic N) is 1. The summed E-state index contributed by atoms with van der Waals surface area (Å²) in [7, 11) is 0. The van der Waals surface area contributed by atoms with Crippen LogP contribution in [0.2, 0.25) is 5.02 Å². The SMILES string of the molecule is C[C@H]1CCN(C(=O)CSc2ccc(Cl)cc2)c2ccccc2S1. The second-order valence-electron chi connectivity index (χ2n) is 5.47. The third kappa shape index (κ3) is 4.25. The molecule has 0 N–H and O–H groups in total. The Morgan fingerprint density at radius 2 is 2.00 bits per heavy atom. The minimum absolute atomic E-state index is 0.159. The Hall–Kier alpha value is -1.10. The lowest BCUT2D eigenvalue weighted by atomic mass is 10.2. The average Bonchev–Trinajstić information content (AvgIpc) is 2.72. The maximum absolute atomic E-state index is 12.7. The third-order valence-electron chi connectivity index (χ3n) is 3.72. The largest absolute Gasteiger partial charge is 0.311 e. The molecule has 0 radical (unpaired) electrons. The molecule has 2 aromatic rings. The molecule has 1 aliphatic rings. The van der Waals surface area contributed by atoms with E-state index in [1.165, 1.54) is 4.90 Å². The Kier molecular flexibility index (Phi) is 5.57. The van der Waals surface area contributed by atoms with Gasteiger partial charge in [0.2, 0.25) is 5.91 Å². The highest BCUT2D eigenvalue weighted by molar-refractivity contribution is 8.00. The molecule has 120 valence electrons. The van der Waals surface area contributed by atoms with Crippen molar-refractivity contribution in [1.29, 1.82) is 0 Å². The first-order valence-electron chi connectivity index (χ1n) is 7.58. The van der Waals surface area contributed by atoms with Gasteiger partial charge in [-0.05, 0) is 42.8 Å². The van der Waals surface area contributed by atoms with E-state index in [9.17, 15) is 4.79 Å². The fourth-order valence-electron chi connectivity index (χ4n) is 2.50. The molecule has 23 heavy (non-hydrogen) atoms. The highest BCUT2D eigenvalue weighted by Crippen LogP contribution is 2.37. The van der Waals surface area contributed by atoms with Crippen LogP contribution in [0.3, 0.4) is 0 Å². The van der Waals surface area contributed by atoms with Gasteiger partial charge < -0.3 is 4.90 Å². The Morgan fingerprint density at radius 3 is 2.78 bits per heavy atom. The van der Waals surface area contributed by atoms with Gasteiger partial charge in [0, 0.05) is 26.6 Å². The molecule has 0 fully saturated rings. The van der Waals surface area contributed by atoms with Gasteiger partial charge in [0.1, 0.15) is 0 Å². The smallest absolute Gasteiger partial charge is 0.237 e. The highest BCUT2D eigenvalue weighted by Gasteiger charge is 2.23. The molecule has 0 bridgehead atoms. The number of anilines is 1. The van der Waals surface area contributed by atoms with Gasteiger partial charge in [-0.25, -0.2) is 0 Å². The van der Waals surface area contributed by atoms with E-state index < -0.39 is 0 Å². The second-order valence-corrected chi connectivity index (χ2v) is 8.44. The number of hydrogen-bond donors (Lipinski definition) is 0. The number of amides is 1. The van der Waals surface area contributed by atoms with Crippen LogP contribution >= 0.6 is 35.1 Å². The number of hydrogen-bond acceptors (Lipinski definition) is 3. The number of thioether (sulfide) groups is 2. The molecule has 0 spiro atoms. The van der Waals surface area contributed by atoms with E-state index in [0.29, 0.717) is 16.0 Å². The summed E-state index contributed by atoms with van der Waals surface area (Å²) in [5.41, 5.74) is 1.04. The third-order valence-corrected chi connectivity index (χ3v) is 6.21. The molecule has 1 amide bonds. The summed E-state index contributed by atoms with van der Waals surface area (Å²) in [4.78, 5) is 16.9. The second kappa shape index (κ2) is 7.65. The standard InChI is InChI=1S/C18H18ClNOS2/c1-13-10-11-20(16-4-2-3-5-17(16)23-13)18(21)12-22-15-8-6-14(19)7-9-15/h2-9,13H,10-12H2,1H3/t13-/m0/s1. The van der Waals surface area contributed by atoms with Gasteiger partial charge in [0.25, 0.3) is 0 Å². The first-order chi connectivity index (χ1) is 11.1. The molecule has 2 nitrogen and oxygen atoms in total. The summed E-state index contributed by atoms with van der Waals surface area (Å²) < 4.78 is 0. The van der Waals surface area contributed by atoms with Crippen molar-refractivity contribution >= 4 is 46.7 Å². The molecule has 5 heteroatoms. The molecule has 1 heterocycles. The molecule has 0 aromatic heterocycles. The van der Waals surface area contributed by atoms with Gasteiger partial charge in [0.05, 0.1) is 11.4 Å². The summed E-state index contributed by atoms with van der Waals surface area (Å²) in [6, 6.07) is 15.8. The Morgan fingerprint density at radius 1 is 1.26 bits per heavy atom. The van der Waals surface area contributed by atoms with E-state index in [1.807, 2.05) is 59.1 Å². The molecule has 0 saturated heterocycles. The molecule has 0 aliphatic carbocycles. The summed E-state index contributed by atoms with van der Waals surface area (Å²) >= 11 is 9.31. The van der Waals surface area contributed by atoms with Crippen molar-refractivity contribution in [2.24, 2.45) is 0 Å². The Bertz CT molecular complexity index is 690. The van der Waals surface area contributed by atoms with Crippen LogP contribution in [-0.2, 0) is 4.79 Å². The van der Waals surface area contributed by atoms with Gasteiger partial charge in [-0.3, -0.25) is 4.79 Å². The van der Waals surface area contributed by atoms with Crippen molar-refractivity contribution < 1.29 is 4.79 Å². The molecule has 2 aromatic carbocycles. The van der Waals surface area contributed by atoms with Gasteiger partial charge in [-0.1, -0.05) is 30.7 Å². The summed E-state index contributed by atoms with van der Waals surface area (Å²) in [6.07, 6.45) is 1.01. The first kappa shape index (κ1) is 16.7. The maximum atomic E-state index is 12.7. The fourth-order valence-corrected chi connectivity index (χ4v) is 4.51. The van der Waals surface area contributed by atoms with E-state index in [0.717, 1.165) is 23.5 Å². The van der Waals surface area contributed by atoms with E-state index in [4.69, 9.17) is 11.6 Å². The van der Waals surface area contributed by atoms with Crippen molar-refractivity contribution in [1.82, 2.24) is 0 Å². The minimum Gasteiger partial charge on any atom is -0.311 e. The van der Waals surface area contributed by atoms with Crippen LogP contribution in [0, 0.1) is 0 Å². The maximum Gasteiger partial charge on any atom is 0.237 e. The van der Waals surface area contributed by atoms with Gasteiger partial charge in [-0.2, -0.15) is 0 Å². The van der Waals surface area contributed by atoms with Gasteiger partial charge in [-0.15, -0.1) is 23.5 Å². The number of halogens is 1. The molecule has 0 unspecified atom stereocenters. The monoisotopic (exact) mass is 363 g/mol. The Labute approximate surface area is 150 Å². The van der Waals surface area contributed by atoms with Crippen LogP contribution in [-0.4, -0.2) is 23.5 Å². The van der Waals surface area contributed by atoms with Crippen LogP contribution in [0.5, 0.6) is 0 Å². The molecule has 1 atom stereocenters. The molecule has 0 saturated carbocycles. The van der Waals surface area contributed by atoms with Gasteiger partial charge in [0.15, 0.2) is 0 Å². The number of benzene rings is 2. The van der Waals surface area contributed by atoms with Gasteiger partial charge >= 0.3 is 0 Å². The number of para-hydroxylation sites is 1. The minimum atomic E-state index is 0.159. The number of carbonyl (C=O) groups excluding carboxylic acids is 1. The van der Waals surface area contributed by atoms with E-state index in [1.54, 1.807) is 11.8 Å². The van der Waals surface area contributed by atoms with Crippen molar-refractivity contribution in [2.75, 3.05) is 17.2 Å². The van der Waals surface area contributed by atoms with E-state index in [2.05, 4.69) is 13.0 Å². The zero-order chi connectivity index (χ0) is 16.2. The predicted octanol–water partition coefficient (Wildman–Crippen LogP) is 5.35. The summed E-state index contributed by atoms with van der Waals surface area (Å²) in [5, 5.41) is 1.24. The van der Waals surface area contributed by atoms with Crippen LogP contribution in [0.1, 0.15) is 13.3 Å². The quantitative estimate of drug-likeness (QED) is 0.685. The van der Waals surface area contributed by atoms with Crippen molar-refractivity contribution in [3.05, 3.63) is 53.6 Å². The lowest BCUT2D eigenvalue weighted by Crippen LogP contribution is -2.33. The van der Waals surface area contributed by atoms with Crippen LogP contribution in [0.4, 0.5) is 5.69 Å². The topological polar surface area (TPSA) is 20.3 Å². The fraction of sp³-hybridized carbons (Fsp3) is 0.278. The molecular formula is C18H18ClNOS2. The van der Waals surface area contributed by atoms with E-state index in [-0.39, 0.29) is 5.91 Å². The lowest BCUT2D eigenvalue weighted by Gasteiger charge is -2.22. The predicted molar refractivity (Wildman–Crippen MR) is 101 cm³/mol. The van der Waals surface area contributed by atoms with Crippen LogP contribution in [0.15, 0.2) is 58.3 Å². The molecule has 1 aliphatic heterocycles. The van der Waals surface area contributed by atoms with E-state index >= 15 is 0 Å². The first-order valence-corrected chi connectivity index (χ1v) is 9.82. The Balaban J connectivity index is 1.72. The summed E-state index contributed by atoms with van der Waals surface area (Å²) in [6.45, 7) is 3.00. The van der Waals surface area contributed by atoms with Crippen LogP contribution < -0.4 is 4.90 Å². The van der Waals surface area contributed by atoms with Crippen molar-refractivity contribution in [2.45, 2.75) is 28.4 Å². The summed E-state index contributed by atoms with van der Waals surface area (Å²) in [5.74, 6) is 0.599. The highest BCUT2D eigenvalue weighted by atomic mass is 35.5. The average molecular weight is 364 g/mol. The number of fused-ring (bicyclic) bond motifs is 1. The molecule has 3 rings (SSSR count). The number of rotatable bonds is 3. The van der Waals surface area contributed by atoms with Crippen molar-refractivity contribution in [3.8, 4) is 0 Å². The number of carbonyl (C=O) groups is 1. The van der Waals surface area contributed by atoms with Crippen molar-refractivity contribution in [3.63, 3.8) is 0 Å². The lowest BCUT2D eigenvalue weighted by molar-refractivity contribution is -0.116. The normalized spacial score (nSPS) is 17.5. The molecular weight excluding hydrogens is 346 g/mol. The zero-order valence-corrected chi connectivity index (χ0v) is 15.3.